The minimum Gasteiger partial charge on any atom is -0.379 e. The first kappa shape index (κ1) is 11.2. The molecule has 11 heavy (non-hydrogen) atoms. The molecule has 68 valence electrons. The first-order chi connectivity index (χ1) is 5.12. The van der Waals surface area contributed by atoms with Crippen LogP contribution in [-0.2, 0) is 9.47 Å². The van der Waals surface area contributed by atoms with Gasteiger partial charge in [-0.1, -0.05) is 6.92 Å². The highest BCUT2D eigenvalue weighted by atomic mass is 32.1. The van der Waals surface area contributed by atoms with Crippen LogP contribution in [-0.4, -0.2) is 30.0 Å². The third-order valence-electron chi connectivity index (χ3n) is 1.23. The molecule has 0 saturated heterocycles. The Kier molecular flexibility index (Phi) is 5.95. The van der Waals surface area contributed by atoms with Crippen LogP contribution in [0.25, 0.3) is 0 Å². The zero-order valence-electron chi connectivity index (χ0n) is 7.04. The molecule has 0 saturated carbocycles. The fourth-order valence-corrected chi connectivity index (χ4v) is 0.602. The highest BCUT2D eigenvalue weighted by Crippen LogP contribution is 2.15. The summed E-state index contributed by atoms with van der Waals surface area (Å²) >= 11 is 3.87. The Morgan fingerprint density at radius 2 is 2.00 bits per heavy atom. The number of ether oxygens (including phenoxy) is 2. The largest absolute Gasteiger partial charge is 0.379 e. The van der Waals surface area contributed by atoms with E-state index in [0.29, 0.717) is 26.2 Å². The molecule has 0 amide bonds. The van der Waals surface area contributed by atoms with Crippen molar-refractivity contribution in [2.24, 2.45) is 0 Å². The van der Waals surface area contributed by atoms with Crippen molar-refractivity contribution in [3.8, 4) is 0 Å². The lowest BCUT2D eigenvalue weighted by molar-refractivity contribution is -0.140. The topological polar surface area (TPSA) is 38.7 Å². The fourth-order valence-electron chi connectivity index (χ4n) is 0.510. The predicted octanol–water partition coefficient (Wildman–Crippen LogP) is 1.03. The average molecular weight is 180 g/mol. The summed E-state index contributed by atoms with van der Waals surface area (Å²) in [6.07, 6.45) is 0.461. The molecular weight excluding hydrogens is 164 g/mol. The third-order valence-corrected chi connectivity index (χ3v) is 1.67. The monoisotopic (exact) mass is 180 g/mol. The van der Waals surface area contributed by atoms with Gasteiger partial charge in [0.05, 0.1) is 13.2 Å². The fraction of sp³-hybridized carbons (Fsp3) is 1.00. The summed E-state index contributed by atoms with van der Waals surface area (Å²) in [6, 6.07) is 0. The van der Waals surface area contributed by atoms with Crippen molar-refractivity contribution in [3.05, 3.63) is 0 Å². The Labute approximate surface area is 73.1 Å². The molecule has 0 bridgehead atoms. The SMILES string of the molecule is CCOCCOC(O)(S)CC. The van der Waals surface area contributed by atoms with Crippen LogP contribution in [0.15, 0.2) is 0 Å². The maximum atomic E-state index is 9.21. The van der Waals surface area contributed by atoms with Crippen LogP contribution >= 0.6 is 12.6 Å². The second kappa shape index (κ2) is 5.83. The zero-order chi connectivity index (χ0) is 8.74. The molecule has 0 aromatic heterocycles. The van der Waals surface area contributed by atoms with Crippen LogP contribution in [0, 0.1) is 0 Å². The molecule has 0 aliphatic heterocycles. The number of aliphatic hydroxyl groups is 1. The van der Waals surface area contributed by atoms with Crippen molar-refractivity contribution in [2.75, 3.05) is 19.8 Å². The molecule has 0 aromatic carbocycles. The number of rotatable bonds is 6. The van der Waals surface area contributed by atoms with Crippen molar-refractivity contribution < 1.29 is 14.6 Å². The van der Waals surface area contributed by atoms with Crippen molar-refractivity contribution in [2.45, 2.75) is 25.4 Å². The van der Waals surface area contributed by atoms with Crippen LogP contribution in [0.4, 0.5) is 0 Å². The van der Waals surface area contributed by atoms with Crippen molar-refractivity contribution >= 4 is 12.6 Å². The van der Waals surface area contributed by atoms with Gasteiger partial charge in [0.25, 0.3) is 0 Å². The maximum Gasteiger partial charge on any atom is 0.212 e. The van der Waals surface area contributed by atoms with Gasteiger partial charge in [0.1, 0.15) is 0 Å². The molecule has 0 aliphatic carbocycles. The molecular formula is C7H16O3S. The summed E-state index contributed by atoms with van der Waals surface area (Å²) in [5, 5.41) is 7.91. The molecule has 0 rings (SSSR count). The van der Waals surface area contributed by atoms with Gasteiger partial charge in [-0.3, -0.25) is 0 Å². The van der Waals surface area contributed by atoms with E-state index in [2.05, 4.69) is 12.6 Å². The van der Waals surface area contributed by atoms with E-state index >= 15 is 0 Å². The van der Waals surface area contributed by atoms with Gasteiger partial charge in [0, 0.05) is 13.0 Å². The summed E-state index contributed by atoms with van der Waals surface area (Å²) < 4.78 is 9.98. The van der Waals surface area contributed by atoms with Gasteiger partial charge in [-0.15, -0.1) is 12.6 Å². The smallest absolute Gasteiger partial charge is 0.212 e. The predicted molar refractivity (Wildman–Crippen MR) is 46.7 cm³/mol. The van der Waals surface area contributed by atoms with Crippen LogP contribution in [0.3, 0.4) is 0 Å². The summed E-state index contributed by atoms with van der Waals surface area (Å²) in [5.74, 6) is 0. The van der Waals surface area contributed by atoms with Crippen LogP contribution in [0.2, 0.25) is 0 Å². The molecule has 1 N–H and O–H groups in total. The summed E-state index contributed by atoms with van der Waals surface area (Å²) in [5.41, 5.74) is 0. The van der Waals surface area contributed by atoms with Gasteiger partial charge in [0.15, 0.2) is 0 Å². The number of thiol groups is 1. The van der Waals surface area contributed by atoms with Crippen LogP contribution in [0.5, 0.6) is 0 Å². The lowest BCUT2D eigenvalue weighted by Crippen LogP contribution is -2.25. The molecule has 0 aliphatic rings. The lowest BCUT2D eigenvalue weighted by atomic mass is 10.5. The lowest BCUT2D eigenvalue weighted by Gasteiger charge is -2.20. The molecule has 3 nitrogen and oxygen atoms in total. The Bertz CT molecular complexity index is 95.7. The Morgan fingerprint density at radius 1 is 1.36 bits per heavy atom. The molecule has 0 heterocycles. The van der Waals surface area contributed by atoms with E-state index in [9.17, 15) is 5.11 Å². The second-order valence-corrected chi connectivity index (χ2v) is 2.84. The van der Waals surface area contributed by atoms with Gasteiger partial charge < -0.3 is 14.6 Å². The van der Waals surface area contributed by atoms with E-state index < -0.39 is 5.12 Å². The van der Waals surface area contributed by atoms with E-state index in [4.69, 9.17) is 9.47 Å². The molecule has 0 aromatic rings. The highest BCUT2D eigenvalue weighted by Gasteiger charge is 2.18. The van der Waals surface area contributed by atoms with E-state index in [1.165, 1.54) is 0 Å². The summed E-state index contributed by atoms with van der Waals surface area (Å²) in [6.45, 7) is 5.25. The molecule has 4 heteroatoms. The maximum absolute atomic E-state index is 9.21. The summed E-state index contributed by atoms with van der Waals surface area (Å²) in [4.78, 5) is 0. The average Bonchev–Trinajstić information content (AvgIpc) is 1.99. The Balaban J connectivity index is 3.23. The standard InChI is InChI=1S/C7H16O3S/c1-3-7(8,11)10-6-5-9-4-2/h8,11H,3-6H2,1-2H3. The number of hydrogen-bond acceptors (Lipinski definition) is 4. The Morgan fingerprint density at radius 3 is 2.45 bits per heavy atom. The molecule has 1 atom stereocenters. The van der Waals surface area contributed by atoms with E-state index in [-0.39, 0.29) is 0 Å². The molecule has 0 fully saturated rings. The minimum atomic E-state index is -1.29. The number of hydrogen-bond donors (Lipinski definition) is 2. The third kappa shape index (κ3) is 6.62. The van der Waals surface area contributed by atoms with Crippen LogP contribution < -0.4 is 0 Å². The quantitative estimate of drug-likeness (QED) is 0.364. The van der Waals surface area contributed by atoms with E-state index in [1.807, 2.05) is 6.92 Å². The molecule has 0 spiro atoms. The first-order valence-electron chi connectivity index (χ1n) is 3.79. The highest BCUT2D eigenvalue weighted by molar-refractivity contribution is 7.81. The zero-order valence-corrected chi connectivity index (χ0v) is 7.93. The van der Waals surface area contributed by atoms with Gasteiger partial charge in [-0.05, 0) is 6.92 Å². The van der Waals surface area contributed by atoms with Crippen molar-refractivity contribution in [3.63, 3.8) is 0 Å². The van der Waals surface area contributed by atoms with E-state index in [0.717, 1.165) is 0 Å². The van der Waals surface area contributed by atoms with Crippen molar-refractivity contribution in [1.82, 2.24) is 0 Å². The van der Waals surface area contributed by atoms with Gasteiger partial charge >= 0.3 is 0 Å². The van der Waals surface area contributed by atoms with Gasteiger partial charge in [0.2, 0.25) is 5.12 Å². The van der Waals surface area contributed by atoms with Crippen molar-refractivity contribution in [1.29, 1.82) is 0 Å². The normalized spacial score (nSPS) is 16.4. The van der Waals surface area contributed by atoms with Gasteiger partial charge in [-0.25, -0.2) is 0 Å². The first-order valence-corrected chi connectivity index (χ1v) is 4.23. The second-order valence-electron chi connectivity index (χ2n) is 2.14. The van der Waals surface area contributed by atoms with Crippen LogP contribution in [0.1, 0.15) is 20.3 Å². The molecule has 1 unspecified atom stereocenters. The molecule has 0 radical (unpaired) electrons. The summed E-state index contributed by atoms with van der Waals surface area (Å²) in [7, 11) is 0. The van der Waals surface area contributed by atoms with E-state index in [1.54, 1.807) is 6.92 Å². The van der Waals surface area contributed by atoms with Gasteiger partial charge in [-0.2, -0.15) is 0 Å². The Hall–Kier alpha value is 0.230. The minimum absolute atomic E-state index is 0.377.